The molecule has 1 aliphatic carbocycles. The Morgan fingerprint density at radius 1 is 1.43 bits per heavy atom. The van der Waals surface area contributed by atoms with Gasteiger partial charge in [-0.3, -0.25) is 4.79 Å². The van der Waals surface area contributed by atoms with Crippen molar-refractivity contribution in [3.8, 4) is 0 Å². The van der Waals surface area contributed by atoms with Crippen LogP contribution >= 0.6 is 0 Å². The van der Waals surface area contributed by atoms with Crippen molar-refractivity contribution in [1.29, 1.82) is 0 Å². The molecule has 1 aliphatic heterocycles. The minimum absolute atomic E-state index is 0.296. The van der Waals surface area contributed by atoms with Crippen molar-refractivity contribution in [2.45, 2.75) is 52.1 Å². The van der Waals surface area contributed by atoms with E-state index in [9.17, 15) is 4.79 Å². The summed E-state index contributed by atoms with van der Waals surface area (Å²) in [4.78, 5) is 11.8. The minimum atomic E-state index is 0.296. The van der Waals surface area contributed by atoms with E-state index in [-0.39, 0.29) is 0 Å². The number of Topliss-reactive ketones (excluding diaryl/α,β-unsaturated/α-hetero) is 1. The van der Waals surface area contributed by atoms with E-state index < -0.39 is 0 Å². The third-order valence-corrected chi connectivity index (χ3v) is 3.27. The van der Waals surface area contributed by atoms with Crippen LogP contribution in [0.25, 0.3) is 0 Å². The zero-order chi connectivity index (χ0) is 10.1. The van der Waals surface area contributed by atoms with Crippen LogP contribution < -0.4 is 0 Å². The molecule has 14 heavy (non-hydrogen) atoms. The highest BCUT2D eigenvalue weighted by Crippen LogP contribution is 2.37. The van der Waals surface area contributed by atoms with Crippen LogP contribution in [0.2, 0.25) is 0 Å². The van der Waals surface area contributed by atoms with Crippen molar-refractivity contribution >= 4 is 5.78 Å². The Hall–Kier alpha value is -0.790. The lowest BCUT2D eigenvalue weighted by molar-refractivity contribution is -0.118. The third kappa shape index (κ3) is 1.58. The van der Waals surface area contributed by atoms with Crippen LogP contribution in [-0.2, 0) is 9.53 Å². The van der Waals surface area contributed by atoms with Crippen LogP contribution in [0.1, 0.15) is 46.0 Å². The molecule has 0 amide bonds. The predicted molar refractivity (Wildman–Crippen MR) is 54.8 cm³/mol. The average Bonchev–Trinajstić information content (AvgIpc) is 2.16. The van der Waals surface area contributed by atoms with Crippen molar-refractivity contribution in [3.63, 3.8) is 0 Å². The molecule has 0 aromatic heterocycles. The van der Waals surface area contributed by atoms with Crippen LogP contribution in [-0.4, -0.2) is 11.9 Å². The molecular weight excluding hydrogens is 176 g/mol. The van der Waals surface area contributed by atoms with Crippen molar-refractivity contribution in [2.75, 3.05) is 0 Å². The third-order valence-electron chi connectivity index (χ3n) is 3.27. The van der Waals surface area contributed by atoms with E-state index in [4.69, 9.17) is 4.74 Å². The highest BCUT2D eigenvalue weighted by Gasteiger charge is 2.33. The van der Waals surface area contributed by atoms with Crippen molar-refractivity contribution in [3.05, 3.63) is 11.3 Å². The van der Waals surface area contributed by atoms with E-state index in [2.05, 4.69) is 13.8 Å². The largest absolute Gasteiger partial charge is 0.495 e. The first kappa shape index (κ1) is 9.75. The number of ether oxygens (including phenoxy) is 1. The predicted octanol–water partition coefficient (Wildman–Crippen LogP) is 2.83. The topological polar surface area (TPSA) is 26.3 Å². The zero-order valence-corrected chi connectivity index (χ0v) is 9.01. The van der Waals surface area contributed by atoms with E-state index in [1.54, 1.807) is 0 Å². The molecule has 0 spiro atoms. The highest BCUT2D eigenvalue weighted by atomic mass is 16.5. The molecule has 0 fully saturated rings. The van der Waals surface area contributed by atoms with E-state index >= 15 is 0 Å². The van der Waals surface area contributed by atoms with Gasteiger partial charge in [0.05, 0.1) is 6.10 Å². The number of carbonyl (C=O) groups is 1. The normalized spacial score (nSPS) is 32.6. The highest BCUT2D eigenvalue weighted by molar-refractivity contribution is 5.97. The van der Waals surface area contributed by atoms with Gasteiger partial charge in [-0.15, -0.1) is 0 Å². The maximum absolute atomic E-state index is 11.8. The Morgan fingerprint density at radius 2 is 2.21 bits per heavy atom. The molecule has 0 aromatic rings. The van der Waals surface area contributed by atoms with Gasteiger partial charge in [-0.25, -0.2) is 0 Å². The fourth-order valence-corrected chi connectivity index (χ4v) is 2.59. The lowest BCUT2D eigenvalue weighted by Gasteiger charge is -2.34. The monoisotopic (exact) mass is 194 g/mol. The molecule has 2 nitrogen and oxygen atoms in total. The van der Waals surface area contributed by atoms with E-state index in [1.165, 1.54) is 0 Å². The summed E-state index contributed by atoms with van der Waals surface area (Å²) in [5.74, 6) is 1.80. The molecule has 78 valence electrons. The van der Waals surface area contributed by atoms with E-state index in [0.29, 0.717) is 17.8 Å². The van der Waals surface area contributed by atoms with Crippen LogP contribution in [0.3, 0.4) is 0 Å². The summed E-state index contributed by atoms with van der Waals surface area (Å²) in [6.45, 7) is 4.26. The first-order valence-corrected chi connectivity index (χ1v) is 5.65. The van der Waals surface area contributed by atoms with Crippen LogP contribution in [0.15, 0.2) is 11.3 Å². The first-order chi connectivity index (χ1) is 6.72. The zero-order valence-electron chi connectivity index (χ0n) is 9.01. The number of carbonyl (C=O) groups excluding carboxylic acids is 1. The van der Waals surface area contributed by atoms with Gasteiger partial charge in [-0.2, -0.15) is 0 Å². The van der Waals surface area contributed by atoms with Crippen LogP contribution in [0.5, 0.6) is 0 Å². The van der Waals surface area contributed by atoms with Gasteiger partial charge in [0.2, 0.25) is 0 Å². The molecule has 0 saturated heterocycles. The van der Waals surface area contributed by atoms with Crippen LogP contribution in [0, 0.1) is 5.92 Å². The lowest BCUT2D eigenvalue weighted by atomic mass is 9.81. The van der Waals surface area contributed by atoms with Crippen molar-refractivity contribution in [2.24, 2.45) is 5.92 Å². The smallest absolute Gasteiger partial charge is 0.162 e. The molecule has 1 heterocycles. The summed E-state index contributed by atoms with van der Waals surface area (Å²) < 4.78 is 5.75. The number of allylic oxidation sites excluding steroid dienone is 2. The van der Waals surface area contributed by atoms with E-state index in [1.807, 2.05) is 0 Å². The van der Waals surface area contributed by atoms with Gasteiger partial charge < -0.3 is 4.74 Å². The van der Waals surface area contributed by atoms with Gasteiger partial charge in [0.1, 0.15) is 5.76 Å². The van der Waals surface area contributed by atoms with E-state index in [0.717, 1.165) is 43.4 Å². The second-order valence-electron chi connectivity index (χ2n) is 4.38. The molecule has 0 N–H and O–H groups in total. The van der Waals surface area contributed by atoms with Crippen LogP contribution in [0.4, 0.5) is 0 Å². The average molecular weight is 194 g/mol. The summed E-state index contributed by atoms with van der Waals surface area (Å²) in [7, 11) is 0. The Balaban J connectivity index is 2.32. The second kappa shape index (κ2) is 3.76. The van der Waals surface area contributed by atoms with Crippen molar-refractivity contribution < 1.29 is 9.53 Å². The summed E-state index contributed by atoms with van der Waals surface area (Å²) in [5.41, 5.74) is 1.02. The second-order valence-corrected chi connectivity index (χ2v) is 4.38. The quantitative estimate of drug-likeness (QED) is 0.641. The Kier molecular flexibility index (Phi) is 2.62. The number of hydrogen-bond donors (Lipinski definition) is 0. The van der Waals surface area contributed by atoms with Gasteiger partial charge >= 0.3 is 0 Å². The summed E-state index contributed by atoms with van der Waals surface area (Å²) in [6, 6.07) is 0. The standard InChI is InChI=1S/C12H18O2/c1-3-9-7-8(2)14-11-6-4-5-10(13)12(9)11/h8-9H,3-7H2,1-2H3/t8-,9+/m0/s1. The lowest BCUT2D eigenvalue weighted by Crippen LogP contribution is -2.29. The minimum Gasteiger partial charge on any atom is -0.495 e. The fraction of sp³-hybridized carbons (Fsp3) is 0.750. The molecule has 0 saturated carbocycles. The maximum atomic E-state index is 11.8. The molecule has 0 radical (unpaired) electrons. The molecule has 0 bridgehead atoms. The fourth-order valence-electron chi connectivity index (χ4n) is 2.59. The van der Waals surface area contributed by atoms with Gasteiger partial charge in [0.15, 0.2) is 5.78 Å². The molecule has 0 unspecified atom stereocenters. The molecular formula is C12H18O2. The summed E-state index contributed by atoms with van der Waals surface area (Å²) in [6.07, 6.45) is 5.06. The maximum Gasteiger partial charge on any atom is 0.162 e. The number of hydrogen-bond acceptors (Lipinski definition) is 2. The Bertz CT molecular complexity index is 278. The Labute approximate surface area is 85.3 Å². The van der Waals surface area contributed by atoms with Gasteiger partial charge in [-0.1, -0.05) is 6.92 Å². The van der Waals surface area contributed by atoms with Gasteiger partial charge in [0.25, 0.3) is 0 Å². The van der Waals surface area contributed by atoms with Gasteiger partial charge in [0, 0.05) is 18.4 Å². The summed E-state index contributed by atoms with van der Waals surface area (Å²) >= 11 is 0. The molecule has 2 rings (SSSR count). The molecule has 2 heteroatoms. The van der Waals surface area contributed by atoms with Gasteiger partial charge in [-0.05, 0) is 32.1 Å². The number of ketones is 1. The van der Waals surface area contributed by atoms with Crippen molar-refractivity contribution in [1.82, 2.24) is 0 Å². The first-order valence-electron chi connectivity index (χ1n) is 5.65. The Morgan fingerprint density at radius 3 is 2.93 bits per heavy atom. The molecule has 0 aromatic carbocycles. The summed E-state index contributed by atoms with van der Waals surface area (Å²) in [5, 5.41) is 0. The number of rotatable bonds is 1. The molecule has 2 aliphatic rings. The SMILES string of the molecule is CC[C@@H]1C[C@H](C)OC2=C1C(=O)CCC2. The molecule has 2 atom stereocenters.